The average Bonchev–Trinajstić information content (AvgIpc) is 1.08. The number of rotatable bonds is 18. The molecule has 0 unspecified atom stereocenters. The van der Waals surface area contributed by atoms with Gasteiger partial charge < -0.3 is 47.4 Å². The second kappa shape index (κ2) is 26.6. The van der Waals surface area contributed by atoms with E-state index in [0.29, 0.717) is 0 Å². The fourth-order valence-corrected chi connectivity index (χ4v) is 11.6. The lowest BCUT2D eigenvalue weighted by atomic mass is 9.79. The lowest BCUT2D eigenvalue weighted by molar-refractivity contribution is 0.414. The molecule has 12 aromatic carbocycles. The number of hydrogen-bond acceptors (Lipinski definition) is 10. The van der Waals surface area contributed by atoms with Crippen molar-refractivity contribution in [2.45, 2.75) is 0 Å². The van der Waals surface area contributed by atoms with E-state index in [-0.39, 0.29) is 0 Å². The van der Waals surface area contributed by atoms with E-state index in [1.54, 1.807) is 71.1 Å². The van der Waals surface area contributed by atoms with Crippen molar-refractivity contribution in [3.05, 3.63) is 231 Å². The summed E-state index contributed by atoms with van der Waals surface area (Å²) >= 11 is 0. The third-order valence-corrected chi connectivity index (χ3v) is 16.1. The summed E-state index contributed by atoms with van der Waals surface area (Å²) in [5, 5.41) is 4.35. The molecule has 10 heteroatoms. The van der Waals surface area contributed by atoms with Crippen LogP contribution in [0, 0.1) is 0 Å². The van der Waals surface area contributed by atoms with Crippen molar-refractivity contribution >= 4 is 21.5 Å². The largest absolute Gasteiger partial charge is 0.497 e. The van der Waals surface area contributed by atoms with E-state index >= 15 is 0 Å². The molecule has 0 spiro atoms. The Kier molecular flexibility index (Phi) is 17.8. The van der Waals surface area contributed by atoms with Crippen LogP contribution in [-0.2, 0) is 0 Å². The van der Waals surface area contributed by atoms with Gasteiger partial charge in [0.05, 0.1) is 71.1 Å². The van der Waals surface area contributed by atoms with Gasteiger partial charge in [-0.2, -0.15) is 0 Å². The minimum atomic E-state index is 0.783. The molecule has 0 heterocycles. The van der Waals surface area contributed by atoms with E-state index in [2.05, 4.69) is 121 Å². The molecule has 10 nitrogen and oxygen atoms in total. The Hall–Kier alpha value is -10.8. The van der Waals surface area contributed by atoms with Crippen molar-refractivity contribution in [3.8, 4) is 147 Å². The van der Waals surface area contributed by atoms with E-state index < -0.39 is 0 Å². The third-order valence-electron chi connectivity index (χ3n) is 16.1. The van der Waals surface area contributed by atoms with E-state index in [0.717, 1.165) is 168 Å². The van der Waals surface area contributed by atoms with Crippen LogP contribution in [-0.4, -0.2) is 71.1 Å². The fourth-order valence-electron chi connectivity index (χ4n) is 11.6. The Morgan fingerprint density at radius 3 is 0.432 bits per heavy atom. The van der Waals surface area contributed by atoms with Gasteiger partial charge in [0.15, 0.2) is 0 Å². The van der Waals surface area contributed by atoms with E-state index in [1.807, 2.05) is 109 Å². The van der Waals surface area contributed by atoms with Crippen LogP contribution in [0.2, 0.25) is 0 Å². The second-order valence-corrected chi connectivity index (χ2v) is 20.7. The van der Waals surface area contributed by atoms with Crippen molar-refractivity contribution in [1.29, 1.82) is 0 Å². The number of fused-ring (bicyclic) bond motifs is 2. The van der Waals surface area contributed by atoms with Crippen LogP contribution in [0.15, 0.2) is 231 Å². The first-order valence-corrected chi connectivity index (χ1v) is 28.7. The summed E-state index contributed by atoms with van der Waals surface area (Å²) in [7, 11) is 16.9. The predicted molar refractivity (Wildman–Crippen MR) is 357 cm³/mol. The van der Waals surface area contributed by atoms with E-state index in [9.17, 15) is 0 Å². The first-order chi connectivity index (χ1) is 43.2. The maximum Gasteiger partial charge on any atom is 0.119 e. The molecule has 88 heavy (non-hydrogen) atoms. The molecule has 0 atom stereocenters. The predicted octanol–water partition coefficient (Wildman–Crippen LogP) is 19.1. The highest BCUT2D eigenvalue weighted by molar-refractivity contribution is 6.20. The summed E-state index contributed by atoms with van der Waals surface area (Å²) in [6, 6.07) is 78.7. The van der Waals surface area contributed by atoms with Gasteiger partial charge in [-0.05, 0) is 232 Å². The van der Waals surface area contributed by atoms with Gasteiger partial charge in [0.1, 0.15) is 57.5 Å². The summed E-state index contributed by atoms with van der Waals surface area (Å²) in [4.78, 5) is 0. The molecular weight excluding hydrogens is 1100 g/mol. The summed E-state index contributed by atoms with van der Waals surface area (Å²) in [5.41, 5.74) is 17.3. The zero-order chi connectivity index (χ0) is 61.3. The minimum absolute atomic E-state index is 0.783. The first-order valence-electron chi connectivity index (χ1n) is 28.7. The van der Waals surface area contributed by atoms with Crippen molar-refractivity contribution in [3.63, 3.8) is 0 Å². The summed E-state index contributed by atoms with van der Waals surface area (Å²) in [6.07, 6.45) is 0. The standard InChI is InChI=1S/2C39H34O5/c2*1-40-29-14-6-25(7-15-29)36-34-23-22-33(44-5)24-35(34)37(26-8-16-30(41-2)17-9-26)39(28-12-20-32(43-4)21-13-28)38(36)27-10-18-31(42-3)19-11-27/h2*6-24H,1-5H3. The Balaban J connectivity index is 0.000000182. The average molecular weight is 1170 g/mol. The fraction of sp³-hybridized carbons (Fsp3) is 0.128. The molecule has 0 aliphatic rings. The Morgan fingerprint density at radius 1 is 0.136 bits per heavy atom. The number of hydrogen-bond donors (Lipinski definition) is 0. The summed E-state index contributed by atoms with van der Waals surface area (Å²) in [5.74, 6) is 7.95. The van der Waals surface area contributed by atoms with Gasteiger partial charge in [-0.25, -0.2) is 0 Å². The van der Waals surface area contributed by atoms with Crippen LogP contribution < -0.4 is 47.4 Å². The number of ether oxygens (including phenoxy) is 10. The van der Waals surface area contributed by atoms with Crippen molar-refractivity contribution in [1.82, 2.24) is 0 Å². The van der Waals surface area contributed by atoms with Crippen molar-refractivity contribution in [2.24, 2.45) is 0 Å². The highest BCUT2D eigenvalue weighted by atomic mass is 16.5. The summed E-state index contributed by atoms with van der Waals surface area (Å²) < 4.78 is 55.8. The Labute approximate surface area is 514 Å². The van der Waals surface area contributed by atoms with Gasteiger partial charge in [-0.1, -0.05) is 109 Å². The Bertz CT molecular complexity index is 4070. The molecule has 0 N–H and O–H groups in total. The topological polar surface area (TPSA) is 92.3 Å². The quantitative estimate of drug-likeness (QED) is 0.0827. The van der Waals surface area contributed by atoms with Crippen LogP contribution in [0.4, 0.5) is 0 Å². The van der Waals surface area contributed by atoms with Crippen LogP contribution in [0.5, 0.6) is 57.5 Å². The first kappa shape index (κ1) is 58.9. The monoisotopic (exact) mass is 1160 g/mol. The maximum atomic E-state index is 5.77. The minimum Gasteiger partial charge on any atom is -0.497 e. The normalized spacial score (nSPS) is 10.8. The van der Waals surface area contributed by atoms with Gasteiger partial charge in [0.25, 0.3) is 0 Å². The highest BCUT2D eigenvalue weighted by Gasteiger charge is 2.27. The molecule has 440 valence electrons. The van der Waals surface area contributed by atoms with Gasteiger partial charge in [-0.15, -0.1) is 0 Å². The molecular formula is C78H68O10. The van der Waals surface area contributed by atoms with Crippen molar-refractivity contribution < 1.29 is 47.4 Å². The second-order valence-electron chi connectivity index (χ2n) is 20.7. The van der Waals surface area contributed by atoms with E-state index in [1.165, 1.54) is 0 Å². The SMILES string of the molecule is COc1ccc(-c2c(-c3ccc(OC)cc3)c(-c3ccc(OC)cc3)c3cc(OC)ccc3c2-c2ccc(OC)cc2)cc1.COc1ccc(-c2c(-c3ccc(OC)cc3)c(-c3ccc(OC)cc3)c3cc(OC)ccc3c2-c2ccc(OC)cc2)cc1. The molecule has 12 aromatic rings. The van der Waals surface area contributed by atoms with Crippen molar-refractivity contribution in [2.75, 3.05) is 71.1 Å². The molecule has 0 amide bonds. The molecule has 0 bridgehead atoms. The molecule has 0 saturated heterocycles. The smallest absolute Gasteiger partial charge is 0.119 e. The summed E-state index contributed by atoms with van der Waals surface area (Å²) in [6.45, 7) is 0. The number of benzene rings is 12. The number of methoxy groups -OCH3 is 10. The molecule has 0 aromatic heterocycles. The zero-order valence-electron chi connectivity index (χ0n) is 51.0. The maximum absolute atomic E-state index is 5.77. The van der Waals surface area contributed by atoms with Crippen LogP contribution in [0.25, 0.3) is 111 Å². The molecule has 0 saturated carbocycles. The zero-order valence-corrected chi connectivity index (χ0v) is 51.0. The molecule has 0 fully saturated rings. The molecule has 12 rings (SSSR count). The van der Waals surface area contributed by atoms with Gasteiger partial charge in [0, 0.05) is 0 Å². The molecule has 0 radical (unpaired) electrons. The Morgan fingerprint density at radius 2 is 0.273 bits per heavy atom. The van der Waals surface area contributed by atoms with Gasteiger partial charge in [-0.3, -0.25) is 0 Å². The van der Waals surface area contributed by atoms with Gasteiger partial charge >= 0.3 is 0 Å². The third kappa shape index (κ3) is 11.8. The lowest BCUT2D eigenvalue weighted by Gasteiger charge is -2.25. The highest BCUT2D eigenvalue weighted by Crippen LogP contribution is 2.54. The van der Waals surface area contributed by atoms with Crippen LogP contribution >= 0.6 is 0 Å². The van der Waals surface area contributed by atoms with Crippen LogP contribution in [0.1, 0.15) is 0 Å². The van der Waals surface area contributed by atoms with E-state index in [4.69, 9.17) is 47.4 Å². The molecule has 0 aliphatic heterocycles. The van der Waals surface area contributed by atoms with Crippen LogP contribution in [0.3, 0.4) is 0 Å². The lowest BCUT2D eigenvalue weighted by Crippen LogP contribution is -1.98. The van der Waals surface area contributed by atoms with Gasteiger partial charge in [0.2, 0.25) is 0 Å². The molecule has 0 aliphatic carbocycles.